The molecule has 0 aliphatic rings. The van der Waals surface area contributed by atoms with E-state index in [0.717, 1.165) is 4.90 Å². The lowest BCUT2D eigenvalue weighted by molar-refractivity contribution is -0.145. The number of benzene rings is 1. The molecule has 0 bridgehead atoms. The van der Waals surface area contributed by atoms with Gasteiger partial charge in [-0.2, -0.15) is 0 Å². The van der Waals surface area contributed by atoms with Crippen LogP contribution >= 0.6 is 11.8 Å². The Bertz CT molecular complexity index is 578. The third kappa shape index (κ3) is 13.2. The fraction of sp³-hybridized carbons (Fsp3) is 0.545. The zero-order valence-electron chi connectivity index (χ0n) is 17.2. The minimum atomic E-state index is -0.305. The van der Waals surface area contributed by atoms with E-state index in [0.29, 0.717) is 52.5 Å². The molecule has 0 aliphatic carbocycles. The predicted octanol–water partition coefficient (Wildman–Crippen LogP) is 3.89. The minimum absolute atomic E-state index is 0.0877. The van der Waals surface area contributed by atoms with Crippen molar-refractivity contribution in [3.63, 3.8) is 0 Å². The van der Waals surface area contributed by atoms with Gasteiger partial charge in [0.05, 0.1) is 39.6 Å². The van der Waals surface area contributed by atoms with E-state index in [4.69, 9.17) is 18.9 Å². The highest BCUT2D eigenvalue weighted by atomic mass is 32.2. The quantitative estimate of drug-likeness (QED) is 0.163. The average molecular weight is 425 g/mol. The van der Waals surface area contributed by atoms with Crippen molar-refractivity contribution >= 4 is 22.8 Å². The predicted molar refractivity (Wildman–Crippen MR) is 114 cm³/mol. The van der Waals surface area contributed by atoms with Crippen molar-refractivity contribution in [2.24, 2.45) is 5.92 Å². The van der Waals surface area contributed by atoms with Crippen LogP contribution in [0.1, 0.15) is 26.2 Å². The third-order valence-corrected chi connectivity index (χ3v) is 5.00. The number of ether oxygens (including phenoxy) is 4. The number of carbonyl (C=O) groups excluding carboxylic acids is 2. The molecule has 6 nitrogen and oxygen atoms in total. The molecule has 0 unspecified atom stereocenters. The molecule has 0 saturated heterocycles. The van der Waals surface area contributed by atoms with Gasteiger partial charge in [0, 0.05) is 17.2 Å². The SMILES string of the molecule is C=CCOCCOCCOCCOC(=O)CC[C@H](CC)C(=O)Sc1ccccc1. The van der Waals surface area contributed by atoms with Crippen LogP contribution in [0.25, 0.3) is 0 Å². The van der Waals surface area contributed by atoms with Crippen LogP contribution in [0.2, 0.25) is 0 Å². The highest BCUT2D eigenvalue weighted by molar-refractivity contribution is 8.13. The highest BCUT2D eigenvalue weighted by Gasteiger charge is 2.19. The third-order valence-electron chi connectivity index (χ3n) is 3.96. The molecule has 162 valence electrons. The zero-order chi connectivity index (χ0) is 21.2. The van der Waals surface area contributed by atoms with Gasteiger partial charge in [0.15, 0.2) is 5.12 Å². The molecule has 0 amide bonds. The summed E-state index contributed by atoms with van der Waals surface area (Å²) >= 11 is 1.23. The van der Waals surface area contributed by atoms with Crippen LogP contribution in [0.15, 0.2) is 47.9 Å². The van der Waals surface area contributed by atoms with Gasteiger partial charge in [0.1, 0.15) is 6.61 Å². The molecule has 0 aromatic heterocycles. The van der Waals surface area contributed by atoms with Crippen molar-refractivity contribution in [3.8, 4) is 0 Å². The Kier molecular flexibility index (Phi) is 15.1. The molecule has 1 rings (SSSR count). The maximum Gasteiger partial charge on any atom is 0.305 e. The Morgan fingerprint density at radius 3 is 2.24 bits per heavy atom. The van der Waals surface area contributed by atoms with E-state index in [1.165, 1.54) is 11.8 Å². The van der Waals surface area contributed by atoms with E-state index in [1.807, 2.05) is 37.3 Å². The maximum atomic E-state index is 12.4. The van der Waals surface area contributed by atoms with E-state index in [9.17, 15) is 9.59 Å². The molecule has 0 radical (unpaired) electrons. The van der Waals surface area contributed by atoms with Gasteiger partial charge in [0.2, 0.25) is 0 Å². The Labute approximate surface area is 177 Å². The van der Waals surface area contributed by atoms with Crippen LogP contribution in [-0.4, -0.2) is 57.3 Å². The van der Waals surface area contributed by atoms with Gasteiger partial charge in [-0.15, -0.1) is 6.58 Å². The molecule has 0 spiro atoms. The maximum absolute atomic E-state index is 12.4. The number of carbonyl (C=O) groups is 2. The van der Waals surface area contributed by atoms with Crippen LogP contribution in [0, 0.1) is 5.92 Å². The number of hydrogen-bond acceptors (Lipinski definition) is 7. The van der Waals surface area contributed by atoms with E-state index in [1.54, 1.807) is 6.08 Å². The molecule has 0 aliphatic heterocycles. The summed E-state index contributed by atoms with van der Waals surface area (Å²) in [5, 5.41) is 0.0877. The molecule has 29 heavy (non-hydrogen) atoms. The number of hydrogen-bond donors (Lipinski definition) is 0. The minimum Gasteiger partial charge on any atom is -0.463 e. The second kappa shape index (κ2) is 17.2. The second-order valence-electron chi connectivity index (χ2n) is 6.19. The number of esters is 1. The Morgan fingerprint density at radius 2 is 1.62 bits per heavy atom. The van der Waals surface area contributed by atoms with Crippen LogP contribution in [0.5, 0.6) is 0 Å². The molecule has 0 fully saturated rings. The normalized spacial score (nSPS) is 11.8. The molecule has 1 aromatic carbocycles. The number of thioether (sulfide) groups is 1. The molecule has 1 aromatic rings. The van der Waals surface area contributed by atoms with Crippen LogP contribution in [0.3, 0.4) is 0 Å². The first kappa shape index (κ1) is 25.4. The van der Waals surface area contributed by atoms with E-state index in [2.05, 4.69) is 6.58 Å². The van der Waals surface area contributed by atoms with E-state index >= 15 is 0 Å². The summed E-state index contributed by atoms with van der Waals surface area (Å²) in [5.74, 6) is -0.461. The summed E-state index contributed by atoms with van der Waals surface area (Å²) in [4.78, 5) is 25.2. The van der Waals surface area contributed by atoms with Crippen molar-refractivity contribution in [1.29, 1.82) is 0 Å². The molecule has 1 atom stereocenters. The fourth-order valence-corrected chi connectivity index (χ4v) is 3.34. The fourth-order valence-electron chi connectivity index (χ4n) is 2.36. The van der Waals surface area contributed by atoms with Crippen LogP contribution in [-0.2, 0) is 28.5 Å². The largest absolute Gasteiger partial charge is 0.463 e. The smallest absolute Gasteiger partial charge is 0.305 e. The van der Waals surface area contributed by atoms with Gasteiger partial charge in [-0.1, -0.05) is 43.0 Å². The Balaban J connectivity index is 2.04. The highest BCUT2D eigenvalue weighted by Crippen LogP contribution is 2.26. The van der Waals surface area contributed by atoms with Gasteiger partial charge >= 0.3 is 5.97 Å². The molecule has 0 saturated carbocycles. The Hall–Kier alpha value is -1.67. The van der Waals surface area contributed by atoms with Crippen molar-refractivity contribution in [3.05, 3.63) is 43.0 Å². The first-order valence-corrected chi connectivity index (χ1v) is 10.8. The molecule has 0 N–H and O–H groups in total. The first-order chi connectivity index (χ1) is 14.2. The summed E-state index contributed by atoms with van der Waals surface area (Å²) in [7, 11) is 0. The molecule has 7 heteroatoms. The van der Waals surface area contributed by atoms with Crippen LogP contribution in [0.4, 0.5) is 0 Å². The molecular weight excluding hydrogens is 392 g/mol. The van der Waals surface area contributed by atoms with Gasteiger partial charge in [-0.25, -0.2) is 0 Å². The summed E-state index contributed by atoms with van der Waals surface area (Å²) in [6.07, 6.45) is 3.12. The van der Waals surface area contributed by atoms with Crippen molar-refractivity contribution in [1.82, 2.24) is 0 Å². The standard InChI is InChI=1S/C22H32O6S/c1-3-12-25-13-14-26-15-16-27-17-18-28-21(23)11-10-19(4-2)22(24)29-20-8-6-5-7-9-20/h3,5-9,19H,1,4,10-18H2,2H3/t19-/m0/s1. The van der Waals surface area contributed by atoms with E-state index < -0.39 is 0 Å². The van der Waals surface area contributed by atoms with Crippen molar-refractivity contribution in [2.45, 2.75) is 31.1 Å². The monoisotopic (exact) mass is 424 g/mol. The summed E-state index contributed by atoms with van der Waals surface area (Å²) in [6.45, 7) is 8.48. The van der Waals surface area contributed by atoms with Gasteiger partial charge in [0.25, 0.3) is 0 Å². The summed E-state index contributed by atoms with van der Waals surface area (Å²) in [6, 6.07) is 9.54. The first-order valence-electron chi connectivity index (χ1n) is 9.93. The van der Waals surface area contributed by atoms with Gasteiger partial charge < -0.3 is 18.9 Å². The average Bonchev–Trinajstić information content (AvgIpc) is 2.73. The van der Waals surface area contributed by atoms with E-state index in [-0.39, 0.29) is 30.0 Å². The lowest BCUT2D eigenvalue weighted by atomic mass is 10.0. The van der Waals surface area contributed by atoms with Gasteiger partial charge in [-0.05, 0) is 25.0 Å². The van der Waals surface area contributed by atoms with Crippen molar-refractivity contribution in [2.75, 3.05) is 46.2 Å². The van der Waals surface area contributed by atoms with Crippen LogP contribution < -0.4 is 0 Å². The van der Waals surface area contributed by atoms with Crippen molar-refractivity contribution < 1.29 is 28.5 Å². The second-order valence-corrected chi connectivity index (χ2v) is 7.26. The zero-order valence-corrected chi connectivity index (χ0v) is 18.0. The topological polar surface area (TPSA) is 71.1 Å². The van der Waals surface area contributed by atoms with Gasteiger partial charge in [-0.3, -0.25) is 9.59 Å². The lowest BCUT2D eigenvalue weighted by Crippen LogP contribution is -2.16. The Morgan fingerprint density at radius 1 is 1.00 bits per heavy atom. The molecular formula is C22H32O6S. The molecule has 0 heterocycles. The number of rotatable bonds is 17. The lowest BCUT2D eigenvalue weighted by Gasteiger charge is -2.13. The summed E-state index contributed by atoms with van der Waals surface area (Å²) < 4.78 is 21.0. The summed E-state index contributed by atoms with van der Waals surface area (Å²) in [5.41, 5.74) is 0.